The van der Waals surface area contributed by atoms with E-state index in [4.69, 9.17) is 33.4 Å². The second-order valence-electron chi connectivity index (χ2n) is 7.70. The molecule has 4 aromatic rings. The molecule has 1 N–H and O–H groups in total. The summed E-state index contributed by atoms with van der Waals surface area (Å²) in [7, 11) is 0. The van der Waals surface area contributed by atoms with E-state index in [-0.39, 0.29) is 6.04 Å². The predicted octanol–water partition coefficient (Wildman–Crippen LogP) is 5.83. The maximum atomic E-state index is 6.36. The summed E-state index contributed by atoms with van der Waals surface area (Å²) in [5.41, 5.74) is 5.92. The number of anilines is 1. The van der Waals surface area contributed by atoms with Gasteiger partial charge in [0.15, 0.2) is 5.82 Å². The number of fused-ring (bicyclic) bond motifs is 1. The van der Waals surface area contributed by atoms with E-state index in [1.54, 1.807) is 11.0 Å². The predicted molar refractivity (Wildman–Crippen MR) is 124 cm³/mol. The summed E-state index contributed by atoms with van der Waals surface area (Å²) < 4.78 is 3.73. The average Bonchev–Trinajstić information content (AvgIpc) is 3.35. The largest absolute Gasteiger partial charge is 0.344 e. The SMILES string of the molecule is CC1=C(c2ncn(-c3ccc(C)cc3)n2)[C@@H](c2ccc(Cl)c(Cl)c2)n2nc(C)cc2N1. The van der Waals surface area contributed by atoms with E-state index in [1.165, 1.54) is 5.56 Å². The Morgan fingerprint density at radius 2 is 1.68 bits per heavy atom. The van der Waals surface area contributed by atoms with Crippen LogP contribution in [0, 0.1) is 13.8 Å². The molecule has 8 heteroatoms. The molecule has 2 aromatic heterocycles. The lowest BCUT2D eigenvalue weighted by Crippen LogP contribution is -2.24. The van der Waals surface area contributed by atoms with E-state index >= 15 is 0 Å². The number of halogens is 2. The molecule has 156 valence electrons. The summed E-state index contributed by atoms with van der Waals surface area (Å²) in [5, 5.41) is 14.0. The molecule has 6 nitrogen and oxygen atoms in total. The molecule has 0 unspecified atom stereocenters. The minimum absolute atomic E-state index is 0.242. The van der Waals surface area contributed by atoms with Crippen molar-refractivity contribution < 1.29 is 0 Å². The second-order valence-corrected chi connectivity index (χ2v) is 8.52. The molecular formula is C23H20Cl2N6. The number of aromatic nitrogens is 5. The van der Waals surface area contributed by atoms with Crippen LogP contribution >= 0.6 is 23.2 Å². The first-order valence-electron chi connectivity index (χ1n) is 9.88. The van der Waals surface area contributed by atoms with Crippen LogP contribution in [-0.2, 0) is 0 Å². The smallest absolute Gasteiger partial charge is 0.181 e. The van der Waals surface area contributed by atoms with Crippen molar-refractivity contribution in [3.8, 4) is 5.69 Å². The van der Waals surface area contributed by atoms with Gasteiger partial charge in [-0.15, -0.1) is 5.10 Å². The number of allylic oxidation sites excluding steroid dienone is 2. The van der Waals surface area contributed by atoms with Crippen molar-refractivity contribution in [3.05, 3.63) is 93.2 Å². The first-order valence-corrected chi connectivity index (χ1v) is 10.6. The van der Waals surface area contributed by atoms with E-state index in [2.05, 4.69) is 29.4 Å². The molecule has 0 fully saturated rings. The van der Waals surface area contributed by atoms with Crippen LogP contribution in [0.4, 0.5) is 5.82 Å². The standard InChI is InChI=1S/C23H20Cl2N6/c1-13-4-7-17(8-5-13)30-12-26-23(29-30)21-15(3)27-20-10-14(2)28-31(20)22(21)16-6-9-18(24)19(25)11-16/h4-12,22,27H,1-3H3/t22-/m1/s1. The maximum Gasteiger partial charge on any atom is 0.181 e. The van der Waals surface area contributed by atoms with E-state index in [0.717, 1.165) is 34.0 Å². The maximum absolute atomic E-state index is 6.36. The number of nitrogens with zero attached hydrogens (tertiary/aromatic N) is 5. The summed E-state index contributed by atoms with van der Waals surface area (Å²) in [5.74, 6) is 1.54. The summed E-state index contributed by atoms with van der Waals surface area (Å²) in [6, 6.07) is 15.6. The highest BCUT2D eigenvalue weighted by Crippen LogP contribution is 2.41. The van der Waals surface area contributed by atoms with Gasteiger partial charge >= 0.3 is 0 Å². The fraction of sp³-hybridized carbons (Fsp3) is 0.174. The lowest BCUT2D eigenvalue weighted by atomic mass is 9.95. The van der Waals surface area contributed by atoms with Crippen molar-refractivity contribution in [2.24, 2.45) is 0 Å². The minimum atomic E-state index is -0.242. The third-order valence-corrected chi connectivity index (χ3v) is 6.13. The molecule has 0 saturated carbocycles. The van der Waals surface area contributed by atoms with Gasteiger partial charge in [0.25, 0.3) is 0 Å². The van der Waals surface area contributed by atoms with Gasteiger partial charge < -0.3 is 5.32 Å². The van der Waals surface area contributed by atoms with Crippen molar-refractivity contribution >= 4 is 34.6 Å². The van der Waals surface area contributed by atoms with Gasteiger partial charge in [-0.3, -0.25) is 0 Å². The first-order chi connectivity index (χ1) is 14.9. The van der Waals surface area contributed by atoms with Crippen LogP contribution in [-0.4, -0.2) is 24.5 Å². The number of nitrogens with one attached hydrogen (secondary N) is 1. The van der Waals surface area contributed by atoms with Crippen LogP contribution in [0.25, 0.3) is 11.3 Å². The topological polar surface area (TPSA) is 60.6 Å². The van der Waals surface area contributed by atoms with E-state index in [0.29, 0.717) is 15.9 Å². The zero-order valence-electron chi connectivity index (χ0n) is 17.3. The molecule has 2 aromatic carbocycles. The Balaban J connectivity index is 1.65. The Hall–Kier alpha value is -3.09. The van der Waals surface area contributed by atoms with Crippen LogP contribution in [0.15, 0.2) is 60.6 Å². The lowest BCUT2D eigenvalue weighted by Gasteiger charge is -2.29. The zero-order valence-corrected chi connectivity index (χ0v) is 18.8. The van der Waals surface area contributed by atoms with Crippen LogP contribution in [0.1, 0.15) is 35.6 Å². The molecular weight excluding hydrogens is 431 g/mol. The van der Waals surface area contributed by atoms with Gasteiger partial charge in [0.05, 0.1) is 21.4 Å². The van der Waals surface area contributed by atoms with Gasteiger partial charge in [-0.05, 0) is 50.6 Å². The first kappa shape index (κ1) is 19.8. The summed E-state index contributed by atoms with van der Waals surface area (Å²) in [6.07, 6.45) is 1.73. The van der Waals surface area contributed by atoms with Crippen molar-refractivity contribution in [2.45, 2.75) is 26.8 Å². The molecule has 0 radical (unpaired) electrons. The highest BCUT2D eigenvalue weighted by atomic mass is 35.5. The fourth-order valence-corrected chi connectivity index (χ4v) is 4.19. The minimum Gasteiger partial charge on any atom is -0.344 e. The molecule has 0 saturated heterocycles. The Kier molecular flexibility index (Phi) is 4.84. The van der Waals surface area contributed by atoms with Crippen molar-refractivity contribution in [1.82, 2.24) is 24.5 Å². The zero-order chi connectivity index (χ0) is 21.7. The van der Waals surface area contributed by atoms with Gasteiger partial charge in [0.2, 0.25) is 0 Å². The molecule has 1 atom stereocenters. The van der Waals surface area contributed by atoms with E-state index < -0.39 is 0 Å². The highest BCUT2D eigenvalue weighted by molar-refractivity contribution is 6.42. The van der Waals surface area contributed by atoms with Gasteiger partial charge in [-0.25, -0.2) is 14.3 Å². The second kappa shape index (κ2) is 7.55. The number of aryl methyl sites for hydroxylation is 2. The molecule has 31 heavy (non-hydrogen) atoms. The number of rotatable bonds is 3. The molecule has 0 aliphatic carbocycles. The Bertz CT molecular complexity index is 1320. The van der Waals surface area contributed by atoms with Gasteiger partial charge in [0, 0.05) is 17.3 Å². The van der Waals surface area contributed by atoms with Crippen molar-refractivity contribution in [1.29, 1.82) is 0 Å². The summed E-state index contributed by atoms with van der Waals surface area (Å²) >= 11 is 12.5. The Labute approximate surface area is 190 Å². The van der Waals surface area contributed by atoms with Crippen molar-refractivity contribution in [3.63, 3.8) is 0 Å². The van der Waals surface area contributed by atoms with Crippen LogP contribution < -0.4 is 5.32 Å². The molecule has 0 spiro atoms. The molecule has 0 amide bonds. The third-order valence-electron chi connectivity index (χ3n) is 5.39. The monoisotopic (exact) mass is 450 g/mol. The fourth-order valence-electron chi connectivity index (χ4n) is 3.88. The number of hydrogen-bond acceptors (Lipinski definition) is 4. The quantitative estimate of drug-likeness (QED) is 0.426. The van der Waals surface area contributed by atoms with Gasteiger partial charge in [-0.2, -0.15) is 5.10 Å². The number of benzene rings is 2. The molecule has 0 bridgehead atoms. The molecule has 1 aliphatic heterocycles. The number of hydrogen-bond donors (Lipinski definition) is 1. The molecule has 5 rings (SSSR count). The Morgan fingerprint density at radius 3 is 2.42 bits per heavy atom. The van der Waals surface area contributed by atoms with Crippen molar-refractivity contribution in [2.75, 3.05) is 5.32 Å². The Morgan fingerprint density at radius 1 is 0.903 bits per heavy atom. The lowest BCUT2D eigenvalue weighted by molar-refractivity contribution is 0.610. The van der Waals surface area contributed by atoms with Gasteiger partial charge in [0.1, 0.15) is 18.2 Å². The highest BCUT2D eigenvalue weighted by Gasteiger charge is 2.32. The van der Waals surface area contributed by atoms with Crippen LogP contribution in [0.2, 0.25) is 10.0 Å². The molecule has 3 heterocycles. The van der Waals surface area contributed by atoms with E-state index in [1.807, 2.05) is 54.9 Å². The van der Waals surface area contributed by atoms with Crippen LogP contribution in [0.5, 0.6) is 0 Å². The molecule has 1 aliphatic rings. The summed E-state index contributed by atoms with van der Waals surface area (Å²) in [6.45, 7) is 6.06. The normalized spacial score (nSPS) is 15.7. The third kappa shape index (κ3) is 3.52. The van der Waals surface area contributed by atoms with Gasteiger partial charge in [-0.1, -0.05) is 47.0 Å². The van der Waals surface area contributed by atoms with E-state index in [9.17, 15) is 0 Å². The average molecular weight is 451 g/mol. The summed E-state index contributed by atoms with van der Waals surface area (Å²) in [4.78, 5) is 4.64. The van der Waals surface area contributed by atoms with Crippen LogP contribution in [0.3, 0.4) is 0 Å².